The highest BCUT2D eigenvalue weighted by molar-refractivity contribution is 5.30. The molecule has 0 atom stereocenters. The van der Waals surface area contributed by atoms with Crippen molar-refractivity contribution in [2.75, 3.05) is 20.1 Å². The molecule has 16 heavy (non-hydrogen) atoms. The zero-order chi connectivity index (χ0) is 11.2. The van der Waals surface area contributed by atoms with Crippen molar-refractivity contribution in [3.63, 3.8) is 0 Å². The average molecular weight is 215 g/mol. The number of hydrogen-bond donors (Lipinski definition) is 0. The van der Waals surface area contributed by atoms with Gasteiger partial charge >= 0.3 is 0 Å². The highest BCUT2D eigenvalue weighted by Crippen LogP contribution is 2.19. The highest BCUT2D eigenvalue weighted by Gasteiger charge is 2.13. The Morgan fingerprint density at radius 2 is 2.00 bits per heavy atom. The smallest absolute Gasteiger partial charge is 0.00162 e. The van der Waals surface area contributed by atoms with Crippen molar-refractivity contribution in [1.29, 1.82) is 0 Å². The first-order valence-corrected chi connectivity index (χ1v) is 6.24. The van der Waals surface area contributed by atoms with Crippen molar-refractivity contribution in [2.24, 2.45) is 5.92 Å². The van der Waals surface area contributed by atoms with Gasteiger partial charge in [-0.2, -0.15) is 0 Å². The summed E-state index contributed by atoms with van der Waals surface area (Å²) in [4.78, 5) is 2.42. The molecule has 1 fully saturated rings. The molecule has 0 saturated carbocycles. The predicted molar refractivity (Wildman–Crippen MR) is 70.3 cm³/mol. The van der Waals surface area contributed by atoms with E-state index in [4.69, 9.17) is 0 Å². The van der Waals surface area contributed by atoms with E-state index in [1.54, 1.807) is 0 Å². The molecule has 0 bridgehead atoms. The number of allylic oxidation sites excluding steroid dienone is 8. The van der Waals surface area contributed by atoms with Crippen LogP contribution in [0.2, 0.25) is 0 Å². The van der Waals surface area contributed by atoms with Crippen LogP contribution in [0.3, 0.4) is 0 Å². The van der Waals surface area contributed by atoms with Crippen molar-refractivity contribution in [2.45, 2.75) is 19.3 Å². The molecule has 0 N–H and O–H groups in total. The summed E-state index contributed by atoms with van der Waals surface area (Å²) in [5.74, 6) is 0.785. The quantitative estimate of drug-likeness (QED) is 0.683. The van der Waals surface area contributed by atoms with Gasteiger partial charge in [-0.15, -0.1) is 0 Å². The number of nitrogens with zero attached hydrogens (tertiary/aromatic N) is 1. The minimum absolute atomic E-state index is 0.785. The molecule has 1 aliphatic heterocycles. The molecular weight excluding hydrogens is 194 g/mol. The molecule has 1 aliphatic carbocycles. The molecule has 0 aromatic heterocycles. The van der Waals surface area contributed by atoms with E-state index in [0.29, 0.717) is 0 Å². The molecule has 0 radical (unpaired) electrons. The Morgan fingerprint density at radius 3 is 2.81 bits per heavy atom. The van der Waals surface area contributed by atoms with E-state index in [-0.39, 0.29) is 0 Å². The van der Waals surface area contributed by atoms with E-state index >= 15 is 0 Å². The van der Waals surface area contributed by atoms with Crippen LogP contribution >= 0.6 is 0 Å². The summed E-state index contributed by atoms with van der Waals surface area (Å²) in [6.45, 7) is 2.49. The van der Waals surface area contributed by atoms with Crippen LogP contribution in [0, 0.1) is 5.92 Å². The molecule has 0 spiro atoms. The first kappa shape index (κ1) is 11.4. The van der Waals surface area contributed by atoms with E-state index in [1.807, 2.05) is 0 Å². The average Bonchev–Trinajstić information content (AvgIpc) is 2.57. The maximum atomic E-state index is 2.42. The van der Waals surface area contributed by atoms with E-state index in [0.717, 1.165) is 12.3 Å². The first-order valence-electron chi connectivity index (χ1n) is 6.24. The number of rotatable bonds is 2. The maximum Gasteiger partial charge on any atom is -0.00162 e. The Morgan fingerprint density at radius 1 is 1.19 bits per heavy atom. The van der Waals surface area contributed by atoms with Crippen LogP contribution in [0.4, 0.5) is 0 Å². The molecule has 0 aromatic carbocycles. The van der Waals surface area contributed by atoms with Crippen molar-refractivity contribution in [3.8, 4) is 0 Å². The van der Waals surface area contributed by atoms with E-state index in [2.05, 4.69) is 54.5 Å². The Bertz CT molecular complexity index is 325. The van der Waals surface area contributed by atoms with Gasteiger partial charge in [-0.05, 0) is 50.9 Å². The second kappa shape index (κ2) is 5.86. The van der Waals surface area contributed by atoms with Gasteiger partial charge in [0.1, 0.15) is 0 Å². The molecule has 0 aromatic rings. The molecule has 2 aliphatic rings. The van der Waals surface area contributed by atoms with Crippen molar-refractivity contribution in [1.82, 2.24) is 4.90 Å². The summed E-state index contributed by atoms with van der Waals surface area (Å²) in [5, 5.41) is 0. The summed E-state index contributed by atoms with van der Waals surface area (Å²) < 4.78 is 0. The Kier molecular flexibility index (Phi) is 4.17. The van der Waals surface area contributed by atoms with E-state index in [9.17, 15) is 0 Å². The van der Waals surface area contributed by atoms with Gasteiger partial charge in [-0.25, -0.2) is 0 Å². The van der Waals surface area contributed by atoms with Gasteiger partial charge in [0.25, 0.3) is 0 Å². The zero-order valence-corrected chi connectivity index (χ0v) is 10.1. The normalized spacial score (nSPS) is 23.7. The van der Waals surface area contributed by atoms with Gasteiger partial charge in [-0.1, -0.05) is 42.5 Å². The third-order valence-corrected chi connectivity index (χ3v) is 3.37. The van der Waals surface area contributed by atoms with Crippen LogP contribution in [0.1, 0.15) is 19.3 Å². The van der Waals surface area contributed by atoms with E-state index < -0.39 is 0 Å². The lowest BCUT2D eigenvalue weighted by Gasteiger charge is -2.26. The fourth-order valence-electron chi connectivity index (χ4n) is 2.20. The Balaban J connectivity index is 1.86. The summed E-state index contributed by atoms with van der Waals surface area (Å²) in [5.41, 5.74) is 1.42. The summed E-state index contributed by atoms with van der Waals surface area (Å²) in [6.07, 6.45) is 19.2. The lowest BCUT2D eigenvalue weighted by molar-refractivity contribution is 0.244. The number of hydrogen-bond acceptors (Lipinski definition) is 1. The lowest BCUT2D eigenvalue weighted by atomic mass is 9.95. The van der Waals surface area contributed by atoms with Gasteiger partial charge in [0.05, 0.1) is 0 Å². The largest absolute Gasteiger partial charge is 0.306 e. The second-order valence-corrected chi connectivity index (χ2v) is 4.76. The summed E-state index contributed by atoms with van der Waals surface area (Å²) >= 11 is 0. The number of likely N-dealkylation sites (tertiary alicyclic amines) is 1. The summed E-state index contributed by atoms with van der Waals surface area (Å²) in [7, 11) is 2.21. The van der Waals surface area contributed by atoms with Crippen LogP contribution in [0.25, 0.3) is 0 Å². The minimum atomic E-state index is 0.785. The third-order valence-electron chi connectivity index (χ3n) is 3.37. The number of piperidine rings is 1. The topological polar surface area (TPSA) is 3.24 Å². The van der Waals surface area contributed by atoms with Crippen LogP contribution in [0.15, 0.2) is 48.1 Å². The van der Waals surface area contributed by atoms with Gasteiger partial charge in [-0.3, -0.25) is 0 Å². The van der Waals surface area contributed by atoms with Crippen LogP contribution in [-0.4, -0.2) is 25.0 Å². The standard InChI is InChI=1S/C15H21N/c1-16-12-10-15(11-13-16)9-8-14-6-4-2-3-5-7-14/h2-6,8-9,15H,7,10-13H2,1H3/b9-8-. The fourth-order valence-corrected chi connectivity index (χ4v) is 2.20. The molecule has 2 rings (SSSR count). The molecule has 0 amide bonds. The Hall–Kier alpha value is -1.08. The van der Waals surface area contributed by atoms with Gasteiger partial charge in [0, 0.05) is 0 Å². The molecule has 1 saturated heterocycles. The van der Waals surface area contributed by atoms with Crippen molar-refractivity contribution >= 4 is 0 Å². The van der Waals surface area contributed by atoms with Crippen molar-refractivity contribution < 1.29 is 0 Å². The van der Waals surface area contributed by atoms with Gasteiger partial charge < -0.3 is 4.90 Å². The maximum absolute atomic E-state index is 2.42. The van der Waals surface area contributed by atoms with Gasteiger partial charge in [0.2, 0.25) is 0 Å². The summed E-state index contributed by atoms with van der Waals surface area (Å²) in [6, 6.07) is 0. The lowest BCUT2D eigenvalue weighted by Crippen LogP contribution is -2.29. The van der Waals surface area contributed by atoms with E-state index in [1.165, 1.54) is 31.5 Å². The SMILES string of the molecule is CN1CCC(/C=C\C2=CC=CC=CC2)CC1. The first-order chi connectivity index (χ1) is 7.84. The predicted octanol–water partition coefficient (Wildman–Crippen LogP) is 3.33. The fraction of sp³-hybridized carbons (Fsp3) is 0.467. The molecular formula is C15H21N. The molecule has 1 heteroatoms. The molecule has 1 heterocycles. The third kappa shape index (κ3) is 3.49. The minimum Gasteiger partial charge on any atom is -0.306 e. The van der Waals surface area contributed by atoms with Gasteiger partial charge in [0.15, 0.2) is 0 Å². The van der Waals surface area contributed by atoms with Crippen LogP contribution < -0.4 is 0 Å². The molecule has 1 nitrogen and oxygen atoms in total. The van der Waals surface area contributed by atoms with Crippen LogP contribution in [-0.2, 0) is 0 Å². The molecule has 86 valence electrons. The van der Waals surface area contributed by atoms with Crippen LogP contribution in [0.5, 0.6) is 0 Å². The zero-order valence-electron chi connectivity index (χ0n) is 10.1. The van der Waals surface area contributed by atoms with Crippen molar-refractivity contribution in [3.05, 3.63) is 48.1 Å². The Labute approximate surface area is 98.8 Å². The highest BCUT2D eigenvalue weighted by atomic mass is 15.1. The molecule has 0 unspecified atom stereocenters. The second-order valence-electron chi connectivity index (χ2n) is 4.76. The monoisotopic (exact) mass is 215 g/mol.